The van der Waals surface area contributed by atoms with Crippen molar-refractivity contribution in [3.05, 3.63) is 35.4 Å². The van der Waals surface area contributed by atoms with Crippen LogP contribution in [0.2, 0.25) is 0 Å². The van der Waals surface area contributed by atoms with Crippen LogP contribution in [0.1, 0.15) is 56.7 Å². The second-order valence-electron chi connectivity index (χ2n) is 7.63. The summed E-state index contributed by atoms with van der Waals surface area (Å²) in [7, 11) is 0. The monoisotopic (exact) mass is 343 g/mol. The number of nitrogens with two attached hydrogens (primary N) is 1. The fourth-order valence-corrected chi connectivity index (χ4v) is 3.68. The Bertz CT molecular complexity index is 640. The molecule has 2 amide bonds. The molecule has 25 heavy (non-hydrogen) atoms. The molecule has 136 valence electrons. The number of fused-ring (bicyclic) bond motifs is 1. The minimum atomic E-state index is -0.572. The number of rotatable bonds is 6. The molecule has 0 heterocycles. The number of hydrogen-bond acceptors (Lipinski definition) is 3. The van der Waals surface area contributed by atoms with E-state index in [-0.39, 0.29) is 30.3 Å². The first-order valence-corrected chi connectivity index (χ1v) is 9.41. The van der Waals surface area contributed by atoms with Gasteiger partial charge in [-0.15, -0.1) is 0 Å². The average Bonchev–Trinajstić information content (AvgIpc) is 3.44. The van der Waals surface area contributed by atoms with E-state index in [4.69, 9.17) is 5.73 Å². The smallest absolute Gasteiger partial charge is 0.242 e. The predicted octanol–water partition coefficient (Wildman–Crippen LogP) is 2.15. The van der Waals surface area contributed by atoms with Gasteiger partial charge in [-0.3, -0.25) is 9.59 Å². The molecule has 2 atom stereocenters. The Hall–Kier alpha value is -1.88. The summed E-state index contributed by atoms with van der Waals surface area (Å²) >= 11 is 0. The molecule has 1 aromatic carbocycles. The second-order valence-corrected chi connectivity index (χ2v) is 7.63. The highest BCUT2D eigenvalue weighted by Gasteiger charge is 2.39. The third kappa shape index (κ3) is 4.03. The zero-order valence-electron chi connectivity index (χ0n) is 15.2. The largest absolute Gasteiger partial charge is 0.346 e. The van der Waals surface area contributed by atoms with E-state index >= 15 is 0 Å². The van der Waals surface area contributed by atoms with Crippen LogP contribution in [0, 0.1) is 5.92 Å². The zero-order valence-corrected chi connectivity index (χ0v) is 15.2. The standard InChI is InChI=1S/C20H29N3O2/c1-13(2)19(21)20(25)22-12-18(24)23(15-10-11-15)17-9-5-7-14-6-3-4-8-16(14)17/h3-4,6,8,13,15,17,19H,5,7,9-12,21H2,1-2H3,(H,22,25)/t17?,19-/m0/s1. The summed E-state index contributed by atoms with van der Waals surface area (Å²) in [5.41, 5.74) is 8.49. The fraction of sp³-hybridized carbons (Fsp3) is 0.600. The van der Waals surface area contributed by atoms with Gasteiger partial charge in [-0.1, -0.05) is 38.1 Å². The maximum absolute atomic E-state index is 12.9. The summed E-state index contributed by atoms with van der Waals surface area (Å²) in [4.78, 5) is 27.0. The highest BCUT2D eigenvalue weighted by Crippen LogP contribution is 2.40. The molecule has 0 spiro atoms. The van der Waals surface area contributed by atoms with Crippen LogP contribution in [-0.4, -0.2) is 35.3 Å². The first kappa shape index (κ1) is 17.9. The van der Waals surface area contributed by atoms with E-state index < -0.39 is 6.04 Å². The van der Waals surface area contributed by atoms with Crippen molar-refractivity contribution in [2.24, 2.45) is 11.7 Å². The molecular formula is C20H29N3O2. The highest BCUT2D eigenvalue weighted by molar-refractivity contribution is 5.88. The molecule has 0 saturated heterocycles. The van der Waals surface area contributed by atoms with E-state index in [9.17, 15) is 9.59 Å². The number of nitrogens with one attached hydrogen (secondary N) is 1. The number of aryl methyl sites for hydroxylation is 1. The molecule has 0 aromatic heterocycles. The van der Waals surface area contributed by atoms with Gasteiger partial charge in [0, 0.05) is 6.04 Å². The fourth-order valence-electron chi connectivity index (χ4n) is 3.68. The van der Waals surface area contributed by atoms with E-state index in [1.54, 1.807) is 0 Å². The lowest BCUT2D eigenvalue weighted by molar-refractivity contribution is -0.136. The van der Waals surface area contributed by atoms with Crippen LogP contribution in [0.15, 0.2) is 24.3 Å². The Morgan fingerprint density at radius 3 is 2.64 bits per heavy atom. The van der Waals surface area contributed by atoms with Crippen molar-refractivity contribution >= 4 is 11.8 Å². The van der Waals surface area contributed by atoms with E-state index in [0.717, 1.165) is 32.1 Å². The van der Waals surface area contributed by atoms with E-state index in [1.807, 2.05) is 18.7 Å². The lowest BCUT2D eigenvalue weighted by atomic mass is 9.86. The molecule has 0 bridgehead atoms. The lowest BCUT2D eigenvalue weighted by Crippen LogP contribution is -2.49. The Morgan fingerprint density at radius 1 is 1.24 bits per heavy atom. The number of amides is 2. The van der Waals surface area contributed by atoms with Gasteiger partial charge in [0.15, 0.2) is 0 Å². The van der Waals surface area contributed by atoms with Gasteiger partial charge < -0.3 is 16.0 Å². The molecule has 1 aromatic rings. The molecular weight excluding hydrogens is 314 g/mol. The zero-order chi connectivity index (χ0) is 18.0. The molecule has 3 rings (SSSR count). The van der Waals surface area contributed by atoms with Gasteiger partial charge in [0.05, 0.1) is 18.6 Å². The molecule has 3 N–H and O–H groups in total. The molecule has 1 saturated carbocycles. The van der Waals surface area contributed by atoms with Gasteiger partial charge >= 0.3 is 0 Å². The van der Waals surface area contributed by atoms with Crippen molar-refractivity contribution in [2.45, 2.75) is 64.1 Å². The third-order valence-corrected chi connectivity index (χ3v) is 5.34. The summed E-state index contributed by atoms with van der Waals surface area (Å²) in [6.45, 7) is 3.84. The van der Waals surface area contributed by atoms with Crippen molar-refractivity contribution in [1.82, 2.24) is 10.2 Å². The summed E-state index contributed by atoms with van der Waals surface area (Å²) in [5.74, 6) is -0.184. The minimum absolute atomic E-state index is 0.00788. The van der Waals surface area contributed by atoms with Crippen molar-refractivity contribution in [3.8, 4) is 0 Å². The Labute approximate surface area is 150 Å². The van der Waals surface area contributed by atoms with Crippen LogP contribution >= 0.6 is 0 Å². The first-order valence-electron chi connectivity index (χ1n) is 9.41. The molecule has 5 nitrogen and oxygen atoms in total. The van der Waals surface area contributed by atoms with Gasteiger partial charge in [0.2, 0.25) is 11.8 Å². The van der Waals surface area contributed by atoms with Gasteiger partial charge in [0.1, 0.15) is 0 Å². The summed E-state index contributed by atoms with van der Waals surface area (Å²) in [6.07, 6.45) is 5.30. The second kappa shape index (κ2) is 7.56. The molecule has 1 unspecified atom stereocenters. The number of benzene rings is 1. The van der Waals surface area contributed by atoms with Crippen LogP contribution in [-0.2, 0) is 16.0 Å². The van der Waals surface area contributed by atoms with Gasteiger partial charge in [-0.25, -0.2) is 0 Å². The van der Waals surface area contributed by atoms with Crippen molar-refractivity contribution in [1.29, 1.82) is 0 Å². The Kier molecular flexibility index (Phi) is 5.42. The first-order chi connectivity index (χ1) is 12.0. The normalized spacial score (nSPS) is 20.7. The number of carbonyl (C=O) groups is 2. The van der Waals surface area contributed by atoms with Crippen molar-refractivity contribution < 1.29 is 9.59 Å². The maximum Gasteiger partial charge on any atom is 0.242 e. The molecule has 0 radical (unpaired) electrons. The van der Waals surface area contributed by atoms with E-state index in [1.165, 1.54) is 11.1 Å². The Morgan fingerprint density at radius 2 is 1.96 bits per heavy atom. The molecule has 0 aliphatic heterocycles. The highest BCUT2D eigenvalue weighted by atomic mass is 16.2. The maximum atomic E-state index is 12.9. The summed E-state index contributed by atoms with van der Waals surface area (Å²) < 4.78 is 0. The minimum Gasteiger partial charge on any atom is -0.346 e. The molecule has 2 aliphatic rings. The van der Waals surface area contributed by atoms with E-state index in [0.29, 0.717) is 6.04 Å². The molecule has 1 fully saturated rings. The number of carbonyl (C=O) groups excluding carboxylic acids is 2. The lowest BCUT2D eigenvalue weighted by Gasteiger charge is -2.36. The van der Waals surface area contributed by atoms with Gasteiger partial charge in [-0.2, -0.15) is 0 Å². The van der Waals surface area contributed by atoms with Crippen LogP contribution in [0.3, 0.4) is 0 Å². The number of nitrogens with zero attached hydrogens (tertiary/aromatic N) is 1. The van der Waals surface area contributed by atoms with Gasteiger partial charge in [-0.05, 0) is 49.1 Å². The topological polar surface area (TPSA) is 75.4 Å². The van der Waals surface area contributed by atoms with Crippen molar-refractivity contribution in [2.75, 3.05) is 6.54 Å². The molecule has 2 aliphatic carbocycles. The van der Waals surface area contributed by atoms with Crippen molar-refractivity contribution in [3.63, 3.8) is 0 Å². The van der Waals surface area contributed by atoms with Crippen LogP contribution in [0.5, 0.6) is 0 Å². The third-order valence-electron chi connectivity index (χ3n) is 5.34. The Balaban J connectivity index is 1.70. The SMILES string of the molecule is CC(C)[C@H](N)C(=O)NCC(=O)N(C1CC1)C1CCCc2ccccc21. The average molecular weight is 343 g/mol. The molecule has 5 heteroatoms. The van der Waals surface area contributed by atoms with Crippen LogP contribution < -0.4 is 11.1 Å². The van der Waals surface area contributed by atoms with E-state index in [2.05, 4.69) is 29.6 Å². The van der Waals surface area contributed by atoms with Gasteiger partial charge in [0.25, 0.3) is 0 Å². The predicted molar refractivity (Wildman–Crippen MR) is 97.8 cm³/mol. The number of hydrogen-bond donors (Lipinski definition) is 2. The van der Waals surface area contributed by atoms with Crippen LogP contribution in [0.4, 0.5) is 0 Å². The van der Waals surface area contributed by atoms with Crippen LogP contribution in [0.25, 0.3) is 0 Å². The quantitative estimate of drug-likeness (QED) is 0.831. The summed E-state index contributed by atoms with van der Waals surface area (Å²) in [6, 6.07) is 8.32. The summed E-state index contributed by atoms with van der Waals surface area (Å²) in [5, 5.41) is 2.73.